The van der Waals surface area contributed by atoms with Crippen LogP contribution in [0.1, 0.15) is 41.6 Å². The number of hydrogen-bond donors (Lipinski definition) is 0. The molecule has 0 aromatic heterocycles. The Labute approximate surface area is 138 Å². The van der Waals surface area contributed by atoms with E-state index in [0.717, 1.165) is 25.0 Å². The Morgan fingerprint density at radius 3 is 2.00 bits per heavy atom. The Balaban J connectivity index is 1.79. The number of benzene rings is 1. The van der Waals surface area contributed by atoms with Gasteiger partial charge in [0, 0.05) is 23.9 Å². The molecule has 0 spiro atoms. The van der Waals surface area contributed by atoms with Crippen LogP contribution in [0.2, 0.25) is 0 Å². The van der Waals surface area contributed by atoms with E-state index in [4.69, 9.17) is 0 Å². The number of carbonyl (C=O) groups is 1. The fraction of sp³-hybridized carbons (Fsp3) is 0.562. The molecule has 0 N–H and O–H groups in total. The van der Waals surface area contributed by atoms with Gasteiger partial charge in [-0.15, -0.1) is 0 Å². The highest BCUT2D eigenvalue weighted by molar-refractivity contribution is 7.91. The summed E-state index contributed by atoms with van der Waals surface area (Å²) in [7, 11) is -3.15. The molecule has 2 bridgehead atoms. The Kier molecular flexibility index (Phi) is 4.14. The number of carbonyl (C=O) groups excluding carboxylic acids is 1. The zero-order chi connectivity index (χ0) is 17.7. The van der Waals surface area contributed by atoms with E-state index in [1.807, 2.05) is 0 Å². The highest BCUT2D eigenvalue weighted by Crippen LogP contribution is 2.39. The molecule has 132 valence electrons. The van der Waals surface area contributed by atoms with Crippen LogP contribution < -0.4 is 0 Å². The maximum atomic E-state index is 12.7. The standard InChI is InChI=1S/C16H18F3NO3S/c1-24(22,23)14-8-12-6-7-13(9-14)20(12)15(21)10-2-4-11(5-3-10)16(17,18)19/h2-5,12-14H,6-9H2,1H3. The number of sulfone groups is 1. The molecule has 8 heteroatoms. The number of fused-ring (bicyclic) bond motifs is 2. The van der Waals surface area contributed by atoms with Gasteiger partial charge in [0.25, 0.3) is 5.91 Å². The van der Waals surface area contributed by atoms with Crippen molar-refractivity contribution < 1.29 is 26.4 Å². The first-order valence-electron chi connectivity index (χ1n) is 7.76. The molecule has 0 aliphatic carbocycles. The molecule has 4 nitrogen and oxygen atoms in total. The first kappa shape index (κ1) is 17.3. The number of piperidine rings is 1. The molecular weight excluding hydrogens is 343 g/mol. The van der Waals surface area contributed by atoms with Gasteiger partial charge in [-0.2, -0.15) is 13.2 Å². The maximum Gasteiger partial charge on any atom is 0.416 e. The second kappa shape index (κ2) is 5.75. The number of nitrogens with zero attached hydrogens (tertiary/aromatic N) is 1. The van der Waals surface area contributed by atoms with Gasteiger partial charge < -0.3 is 4.90 Å². The lowest BCUT2D eigenvalue weighted by atomic mass is 10.0. The SMILES string of the molecule is CS(=O)(=O)C1CC2CCC(C1)N2C(=O)c1ccc(C(F)(F)F)cc1. The van der Waals surface area contributed by atoms with Crippen LogP contribution in [0.5, 0.6) is 0 Å². The van der Waals surface area contributed by atoms with Crippen LogP contribution >= 0.6 is 0 Å². The highest BCUT2D eigenvalue weighted by Gasteiger charge is 2.46. The van der Waals surface area contributed by atoms with Crippen LogP contribution in [0.15, 0.2) is 24.3 Å². The third kappa shape index (κ3) is 3.16. The van der Waals surface area contributed by atoms with Crippen LogP contribution in [-0.2, 0) is 16.0 Å². The second-order valence-electron chi connectivity index (χ2n) is 6.60. The van der Waals surface area contributed by atoms with E-state index in [-0.39, 0.29) is 23.6 Å². The molecule has 2 aliphatic heterocycles. The predicted octanol–water partition coefficient (Wildman–Crippen LogP) is 2.89. The van der Waals surface area contributed by atoms with Gasteiger partial charge in [-0.3, -0.25) is 4.79 Å². The maximum absolute atomic E-state index is 12.7. The lowest BCUT2D eigenvalue weighted by Crippen LogP contribution is -2.49. The van der Waals surface area contributed by atoms with Crippen LogP contribution in [0.25, 0.3) is 0 Å². The normalized spacial score (nSPS) is 27.3. The van der Waals surface area contributed by atoms with Gasteiger partial charge in [0.15, 0.2) is 0 Å². The van der Waals surface area contributed by atoms with Gasteiger partial charge >= 0.3 is 6.18 Å². The van der Waals surface area contributed by atoms with Gasteiger partial charge in [-0.25, -0.2) is 8.42 Å². The summed E-state index contributed by atoms with van der Waals surface area (Å²) < 4.78 is 61.4. The van der Waals surface area contributed by atoms with Gasteiger partial charge in [-0.05, 0) is 49.9 Å². The molecule has 2 atom stereocenters. The molecule has 1 amide bonds. The Bertz CT molecular complexity index is 729. The molecule has 1 aromatic rings. The summed E-state index contributed by atoms with van der Waals surface area (Å²) in [6.45, 7) is 0. The number of amides is 1. The van der Waals surface area contributed by atoms with Crippen molar-refractivity contribution in [2.45, 2.75) is 49.2 Å². The largest absolute Gasteiger partial charge is 0.416 e. The first-order chi connectivity index (χ1) is 11.1. The molecular formula is C16H18F3NO3S. The van der Waals surface area contributed by atoms with E-state index in [2.05, 4.69) is 0 Å². The summed E-state index contributed by atoms with van der Waals surface area (Å²) in [6, 6.07) is 3.87. The third-order valence-electron chi connectivity index (χ3n) is 4.99. The van der Waals surface area contributed by atoms with Gasteiger partial charge in [-0.1, -0.05) is 0 Å². The number of hydrogen-bond acceptors (Lipinski definition) is 3. The number of alkyl halides is 3. The molecule has 2 saturated heterocycles. The van der Waals surface area contributed by atoms with Gasteiger partial charge in [0.1, 0.15) is 9.84 Å². The van der Waals surface area contributed by atoms with Crippen molar-refractivity contribution in [1.82, 2.24) is 4.90 Å². The van der Waals surface area contributed by atoms with Crippen molar-refractivity contribution in [3.8, 4) is 0 Å². The van der Waals surface area contributed by atoms with Crippen molar-refractivity contribution in [2.75, 3.05) is 6.26 Å². The van der Waals surface area contributed by atoms with Crippen LogP contribution in [0, 0.1) is 0 Å². The van der Waals surface area contributed by atoms with Gasteiger partial charge in [0.2, 0.25) is 0 Å². The minimum absolute atomic E-state index is 0.154. The van der Waals surface area contributed by atoms with E-state index in [9.17, 15) is 26.4 Å². The summed E-state index contributed by atoms with van der Waals surface area (Å²) in [6.07, 6.45) is -0.936. The monoisotopic (exact) mass is 361 g/mol. The van der Waals surface area contributed by atoms with Crippen molar-refractivity contribution in [1.29, 1.82) is 0 Å². The lowest BCUT2D eigenvalue weighted by Gasteiger charge is -2.38. The quantitative estimate of drug-likeness (QED) is 0.814. The zero-order valence-electron chi connectivity index (χ0n) is 13.1. The van der Waals surface area contributed by atoms with Crippen LogP contribution in [0.3, 0.4) is 0 Å². The smallest absolute Gasteiger partial charge is 0.333 e. The lowest BCUT2D eigenvalue weighted by molar-refractivity contribution is -0.137. The zero-order valence-corrected chi connectivity index (χ0v) is 13.9. The molecule has 3 rings (SSSR count). The number of halogens is 3. The van der Waals surface area contributed by atoms with E-state index in [1.165, 1.54) is 18.4 Å². The van der Waals surface area contributed by atoms with Crippen LogP contribution in [-0.4, -0.2) is 42.8 Å². The summed E-state index contributed by atoms with van der Waals surface area (Å²) in [5.74, 6) is -0.317. The molecule has 24 heavy (non-hydrogen) atoms. The van der Waals surface area contributed by atoms with Crippen molar-refractivity contribution in [2.24, 2.45) is 0 Å². The fourth-order valence-corrected chi connectivity index (χ4v) is 4.90. The molecule has 2 heterocycles. The minimum Gasteiger partial charge on any atom is -0.333 e. The van der Waals surface area contributed by atoms with Crippen molar-refractivity contribution in [3.05, 3.63) is 35.4 Å². The summed E-state index contributed by atoms with van der Waals surface area (Å²) in [4.78, 5) is 14.3. The predicted molar refractivity (Wildman–Crippen MR) is 82.3 cm³/mol. The van der Waals surface area contributed by atoms with Crippen LogP contribution in [0.4, 0.5) is 13.2 Å². The molecule has 2 aliphatic rings. The Morgan fingerprint density at radius 1 is 1.08 bits per heavy atom. The molecule has 2 fully saturated rings. The third-order valence-corrected chi connectivity index (χ3v) is 6.58. The van der Waals surface area contributed by atoms with E-state index < -0.39 is 26.8 Å². The molecule has 2 unspecified atom stereocenters. The van der Waals surface area contributed by atoms with E-state index >= 15 is 0 Å². The Hall–Kier alpha value is -1.57. The van der Waals surface area contributed by atoms with Crippen molar-refractivity contribution in [3.63, 3.8) is 0 Å². The Morgan fingerprint density at radius 2 is 1.58 bits per heavy atom. The molecule has 1 aromatic carbocycles. The summed E-state index contributed by atoms with van der Waals surface area (Å²) in [5.41, 5.74) is -0.587. The molecule has 0 saturated carbocycles. The molecule has 0 radical (unpaired) electrons. The summed E-state index contributed by atoms with van der Waals surface area (Å²) >= 11 is 0. The first-order valence-corrected chi connectivity index (χ1v) is 9.71. The summed E-state index contributed by atoms with van der Waals surface area (Å²) in [5, 5.41) is -0.438. The van der Waals surface area contributed by atoms with Crippen molar-refractivity contribution >= 4 is 15.7 Å². The topological polar surface area (TPSA) is 54.5 Å². The second-order valence-corrected chi connectivity index (χ2v) is 8.92. The van der Waals surface area contributed by atoms with E-state index in [1.54, 1.807) is 4.90 Å². The van der Waals surface area contributed by atoms with E-state index in [0.29, 0.717) is 12.8 Å². The minimum atomic E-state index is -4.44. The average molecular weight is 361 g/mol. The van der Waals surface area contributed by atoms with Gasteiger partial charge in [0.05, 0.1) is 10.8 Å². The fourth-order valence-electron chi connectivity index (χ4n) is 3.76. The average Bonchev–Trinajstić information content (AvgIpc) is 2.74. The highest BCUT2D eigenvalue weighted by atomic mass is 32.2. The number of rotatable bonds is 2.